The molecule has 1 aromatic carbocycles. The first kappa shape index (κ1) is 13.7. The van der Waals surface area contributed by atoms with E-state index in [9.17, 15) is 21.6 Å². The average Bonchev–Trinajstić information content (AvgIpc) is 2.01. The monoisotopic (exact) mass is 242 g/mol. The zero-order valence-corrected chi connectivity index (χ0v) is 8.22. The fraction of sp³-hybridized carbons (Fsp3) is 0.143. The number of rotatable bonds is 1. The largest absolute Gasteiger partial charge is 0.399 e. The number of primary sulfonamides is 1. The third kappa shape index (κ3) is 6.75. The van der Waals surface area contributed by atoms with Crippen LogP contribution in [0.3, 0.4) is 0 Å². The lowest BCUT2D eigenvalue weighted by atomic mass is 10.3. The lowest BCUT2D eigenvalue weighted by Crippen LogP contribution is -2.11. The van der Waals surface area contributed by atoms with Crippen molar-refractivity contribution in [1.82, 2.24) is 0 Å². The topological polar surface area (TPSA) is 86.2 Å². The molecule has 0 saturated carbocycles. The van der Waals surface area contributed by atoms with Crippen molar-refractivity contribution >= 4 is 15.7 Å². The molecule has 0 aromatic heterocycles. The van der Waals surface area contributed by atoms with E-state index in [1.54, 1.807) is 0 Å². The van der Waals surface area contributed by atoms with E-state index >= 15 is 0 Å². The van der Waals surface area contributed by atoms with Crippen molar-refractivity contribution in [3.05, 3.63) is 24.3 Å². The van der Waals surface area contributed by atoms with Crippen LogP contribution in [-0.2, 0) is 10.0 Å². The zero-order chi connectivity index (χ0) is 12.1. The smallest absolute Gasteiger partial charge is 0.379 e. The molecular formula is C7H9F3N2O2S. The Kier molecular flexibility index (Phi) is 5.09. The summed E-state index contributed by atoms with van der Waals surface area (Å²) < 4.78 is 50.4. The normalized spacial score (nSPS) is 10.7. The fourth-order valence-electron chi connectivity index (χ4n) is 0.658. The number of benzene rings is 1. The van der Waals surface area contributed by atoms with E-state index in [1.165, 1.54) is 24.3 Å². The van der Waals surface area contributed by atoms with Gasteiger partial charge in [-0.3, -0.25) is 0 Å². The summed E-state index contributed by atoms with van der Waals surface area (Å²) in [6, 6.07) is 5.70. The van der Waals surface area contributed by atoms with Crippen LogP contribution in [0.5, 0.6) is 0 Å². The van der Waals surface area contributed by atoms with Gasteiger partial charge in [0.2, 0.25) is 10.0 Å². The third-order valence-corrected chi connectivity index (χ3v) is 2.14. The standard InChI is InChI=1S/C6H8N2O2S.CHF3/c7-5-1-3-6(4-2-5)11(8,9)10;2-1(3)4/h1-4H,7H2,(H2,8,9,10);1H. The van der Waals surface area contributed by atoms with Crippen molar-refractivity contribution in [1.29, 1.82) is 0 Å². The highest BCUT2D eigenvalue weighted by molar-refractivity contribution is 7.89. The molecule has 4 N–H and O–H groups in total. The van der Waals surface area contributed by atoms with E-state index in [2.05, 4.69) is 0 Å². The summed E-state index contributed by atoms with van der Waals surface area (Å²) >= 11 is 0. The zero-order valence-electron chi connectivity index (χ0n) is 7.40. The summed E-state index contributed by atoms with van der Waals surface area (Å²) in [6.07, 6.45) is 0. The Morgan fingerprint density at radius 1 is 1.07 bits per heavy atom. The molecule has 0 radical (unpaired) electrons. The van der Waals surface area contributed by atoms with E-state index in [0.717, 1.165) is 0 Å². The Bertz CT molecular complexity index is 388. The van der Waals surface area contributed by atoms with Gasteiger partial charge in [-0.25, -0.2) is 13.6 Å². The summed E-state index contributed by atoms with van der Waals surface area (Å²) in [7, 11) is -3.58. The Morgan fingerprint density at radius 3 is 1.67 bits per heavy atom. The molecule has 1 rings (SSSR count). The quantitative estimate of drug-likeness (QED) is 0.723. The van der Waals surface area contributed by atoms with Crippen LogP contribution in [0.25, 0.3) is 0 Å². The van der Waals surface area contributed by atoms with Crippen molar-refractivity contribution in [2.45, 2.75) is 11.6 Å². The van der Waals surface area contributed by atoms with Gasteiger partial charge in [0.05, 0.1) is 4.90 Å². The Balaban J connectivity index is 0.000000423. The molecule has 0 unspecified atom stereocenters. The maximum atomic E-state index is 10.7. The predicted octanol–water partition coefficient (Wildman–Crippen LogP) is 1.09. The predicted molar refractivity (Wildman–Crippen MR) is 49.3 cm³/mol. The van der Waals surface area contributed by atoms with Gasteiger partial charge >= 0.3 is 6.68 Å². The van der Waals surface area contributed by atoms with Crippen molar-refractivity contribution in [3.8, 4) is 0 Å². The first-order valence-corrected chi connectivity index (χ1v) is 5.08. The molecule has 15 heavy (non-hydrogen) atoms. The average molecular weight is 242 g/mol. The first-order valence-electron chi connectivity index (χ1n) is 3.54. The summed E-state index contributed by atoms with van der Waals surface area (Å²) in [6.45, 7) is -3.67. The van der Waals surface area contributed by atoms with Crippen molar-refractivity contribution in [2.75, 3.05) is 5.73 Å². The Morgan fingerprint density at radius 2 is 1.40 bits per heavy atom. The highest BCUT2D eigenvalue weighted by Crippen LogP contribution is 2.08. The van der Waals surface area contributed by atoms with E-state index in [-0.39, 0.29) is 4.90 Å². The van der Waals surface area contributed by atoms with Crippen molar-refractivity contribution in [3.63, 3.8) is 0 Å². The van der Waals surface area contributed by atoms with Gasteiger partial charge in [-0.05, 0) is 24.3 Å². The Labute approximate surface area is 84.7 Å². The van der Waals surface area contributed by atoms with Crippen molar-refractivity contribution < 1.29 is 21.6 Å². The number of halogens is 3. The van der Waals surface area contributed by atoms with Gasteiger partial charge in [0, 0.05) is 5.69 Å². The van der Waals surface area contributed by atoms with Crippen LogP contribution in [0.4, 0.5) is 18.9 Å². The number of nitrogen functional groups attached to an aromatic ring is 1. The van der Waals surface area contributed by atoms with Crippen molar-refractivity contribution in [2.24, 2.45) is 5.14 Å². The van der Waals surface area contributed by atoms with E-state index in [0.29, 0.717) is 5.69 Å². The molecule has 0 heterocycles. The molecule has 86 valence electrons. The van der Waals surface area contributed by atoms with Crippen LogP contribution in [-0.4, -0.2) is 15.1 Å². The van der Waals surface area contributed by atoms with Gasteiger partial charge in [-0.2, -0.15) is 13.2 Å². The second-order valence-corrected chi connectivity index (χ2v) is 3.92. The summed E-state index contributed by atoms with van der Waals surface area (Å²) in [5.74, 6) is 0. The summed E-state index contributed by atoms with van der Waals surface area (Å²) in [4.78, 5) is 0.0756. The molecule has 0 aliphatic rings. The minimum atomic E-state index is -3.67. The van der Waals surface area contributed by atoms with Gasteiger partial charge in [-0.1, -0.05) is 0 Å². The summed E-state index contributed by atoms with van der Waals surface area (Å²) in [5.41, 5.74) is 5.85. The number of hydrogen-bond acceptors (Lipinski definition) is 3. The van der Waals surface area contributed by atoms with E-state index < -0.39 is 16.7 Å². The van der Waals surface area contributed by atoms with Crippen LogP contribution in [0.1, 0.15) is 0 Å². The fourth-order valence-corrected chi connectivity index (χ4v) is 1.17. The van der Waals surface area contributed by atoms with Gasteiger partial charge < -0.3 is 5.73 Å². The van der Waals surface area contributed by atoms with Crippen LogP contribution in [0.2, 0.25) is 0 Å². The lowest BCUT2D eigenvalue weighted by molar-refractivity contribution is 0.00819. The van der Waals surface area contributed by atoms with Crippen LogP contribution in [0, 0.1) is 0 Å². The molecule has 0 fully saturated rings. The number of nitrogens with two attached hydrogens (primary N) is 2. The molecule has 0 bridgehead atoms. The molecule has 8 heteroatoms. The molecular weight excluding hydrogens is 233 g/mol. The summed E-state index contributed by atoms with van der Waals surface area (Å²) in [5, 5.41) is 4.84. The molecule has 4 nitrogen and oxygen atoms in total. The molecule has 0 aliphatic carbocycles. The third-order valence-electron chi connectivity index (χ3n) is 1.21. The van der Waals surface area contributed by atoms with E-state index in [1.807, 2.05) is 0 Å². The SMILES string of the molecule is FC(F)F.Nc1ccc(S(N)(=O)=O)cc1. The molecule has 1 aromatic rings. The maximum absolute atomic E-state index is 10.7. The molecule has 0 aliphatic heterocycles. The van der Waals surface area contributed by atoms with Crippen LogP contribution >= 0.6 is 0 Å². The molecule has 0 saturated heterocycles. The molecule has 0 atom stereocenters. The maximum Gasteiger partial charge on any atom is 0.379 e. The highest BCUT2D eigenvalue weighted by Gasteiger charge is 2.04. The highest BCUT2D eigenvalue weighted by atomic mass is 32.2. The number of sulfonamides is 1. The second-order valence-electron chi connectivity index (χ2n) is 2.36. The van der Waals surface area contributed by atoms with E-state index in [4.69, 9.17) is 10.9 Å². The lowest BCUT2D eigenvalue weighted by Gasteiger charge is -1.96. The number of hydrogen-bond donors (Lipinski definition) is 2. The van der Waals surface area contributed by atoms with Gasteiger partial charge in [0.25, 0.3) is 0 Å². The Hall–Kier alpha value is -1.28. The van der Waals surface area contributed by atoms with Gasteiger partial charge in [0.15, 0.2) is 0 Å². The van der Waals surface area contributed by atoms with Crippen LogP contribution < -0.4 is 10.9 Å². The van der Waals surface area contributed by atoms with Crippen LogP contribution in [0.15, 0.2) is 29.2 Å². The minimum Gasteiger partial charge on any atom is -0.399 e. The number of anilines is 1. The number of alkyl halides is 3. The first-order chi connectivity index (χ1) is 6.73. The molecule has 0 spiro atoms. The second kappa shape index (κ2) is 5.56. The van der Waals surface area contributed by atoms with Gasteiger partial charge in [-0.15, -0.1) is 0 Å². The minimum absolute atomic E-state index is 0.0756. The molecule has 0 amide bonds. The van der Waals surface area contributed by atoms with Gasteiger partial charge in [0.1, 0.15) is 0 Å².